The van der Waals surface area contributed by atoms with Gasteiger partial charge in [0.05, 0.1) is 13.2 Å². The molecule has 0 amide bonds. The number of nitrogens with zero attached hydrogens (tertiary/aromatic N) is 1. The van der Waals surface area contributed by atoms with Gasteiger partial charge in [-0.3, -0.25) is 0 Å². The molecule has 1 heterocycles. The minimum atomic E-state index is 0.670. The summed E-state index contributed by atoms with van der Waals surface area (Å²) < 4.78 is 12.9. The van der Waals surface area contributed by atoms with Crippen LogP contribution in [0.1, 0.15) is 5.69 Å². The van der Waals surface area contributed by atoms with Gasteiger partial charge in [0.25, 0.3) is 0 Å². The zero-order valence-corrected chi connectivity index (χ0v) is 11.9. The molecular formula is C16H22N2O2. The molecule has 0 spiro atoms. The molecule has 0 atom stereocenters. The van der Waals surface area contributed by atoms with E-state index in [-0.39, 0.29) is 0 Å². The number of ether oxygens (including phenoxy) is 2. The molecule has 108 valence electrons. The number of nitrogens with one attached hydrogen (secondary N) is 1. The predicted molar refractivity (Wildman–Crippen MR) is 80.0 cm³/mol. The maximum atomic E-state index is 5.72. The molecule has 0 unspecified atom stereocenters. The first-order valence-electron chi connectivity index (χ1n) is 6.91. The summed E-state index contributed by atoms with van der Waals surface area (Å²) >= 11 is 0. The molecule has 4 nitrogen and oxygen atoms in total. The van der Waals surface area contributed by atoms with E-state index in [1.54, 1.807) is 7.11 Å². The van der Waals surface area contributed by atoms with Crippen LogP contribution in [0.2, 0.25) is 0 Å². The summed E-state index contributed by atoms with van der Waals surface area (Å²) in [6.07, 6.45) is 2.09. The normalized spacial score (nSPS) is 10.7. The Hall–Kier alpha value is -1.78. The van der Waals surface area contributed by atoms with E-state index in [9.17, 15) is 0 Å². The van der Waals surface area contributed by atoms with Gasteiger partial charge in [-0.05, 0) is 24.3 Å². The van der Waals surface area contributed by atoms with Crippen molar-refractivity contribution in [3.63, 3.8) is 0 Å². The molecule has 0 fully saturated rings. The van der Waals surface area contributed by atoms with E-state index in [2.05, 4.69) is 28.2 Å². The first kappa shape index (κ1) is 14.6. The molecule has 2 rings (SSSR count). The fourth-order valence-electron chi connectivity index (χ4n) is 2.00. The van der Waals surface area contributed by atoms with Gasteiger partial charge >= 0.3 is 0 Å². The first-order chi connectivity index (χ1) is 9.90. The minimum absolute atomic E-state index is 0.670. The van der Waals surface area contributed by atoms with Crippen LogP contribution < -0.4 is 10.1 Å². The van der Waals surface area contributed by atoms with Crippen molar-refractivity contribution in [2.45, 2.75) is 13.1 Å². The molecule has 0 radical (unpaired) electrons. The lowest BCUT2D eigenvalue weighted by atomic mass is 10.3. The Morgan fingerprint density at radius 2 is 1.90 bits per heavy atom. The van der Waals surface area contributed by atoms with Crippen LogP contribution in [-0.4, -0.2) is 31.4 Å². The molecule has 1 N–H and O–H groups in total. The fraction of sp³-hybridized carbons (Fsp3) is 0.375. The summed E-state index contributed by atoms with van der Waals surface area (Å²) in [5.74, 6) is 0.916. The van der Waals surface area contributed by atoms with Gasteiger partial charge < -0.3 is 19.4 Å². The topological polar surface area (TPSA) is 35.4 Å². The van der Waals surface area contributed by atoms with Crippen molar-refractivity contribution in [3.05, 3.63) is 54.4 Å². The molecule has 0 aliphatic carbocycles. The molecule has 20 heavy (non-hydrogen) atoms. The molecule has 1 aromatic heterocycles. The van der Waals surface area contributed by atoms with Crippen molar-refractivity contribution in [3.8, 4) is 5.75 Å². The lowest BCUT2D eigenvalue weighted by molar-refractivity contribution is 0.199. The van der Waals surface area contributed by atoms with Gasteiger partial charge in [0.1, 0.15) is 12.4 Å². The number of methoxy groups -OCH3 is 1. The molecular weight excluding hydrogens is 252 g/mol. The number of rotatable bonds is 9. The summed E-state index contributed by atoms with van der Waals surface area (Å²) in [6, 6.07) is 14.1. The van der Waals surface area contributed by atoms with Crippen LogP contribution in [0.4, 0.5) is 0 Å². The zero-order valence-electron chi connectivity index (χ0n) is 11.9. The average Bonchev–Trinajstić information content (AvgIpc) is 2.92. The van der Waals surface area contributed by atoms with Crippen LogP contribution in [0.25, 0.3) is 0 Å². The highest BCUT2D eigenvalue weighted by atomic mass is 16.5. The van der Waals surface area contributed by atoms with Gasteiger partial charge in [-0.15, -0.1) is 0 Å². The lowest BCUT2D eigenvalue weighted by Gasteiger charge is -2.11. The van der Waals surface area contributed by atoms with Crippen molar-refractivity contribution in [1.29, 1.82) is 0 Å². The monoisotopic (exact) mass is 274 g/mol. The van der Waals surface area contributed by atoms with Gasteiger partial charge in [-0.2, -0.15) is 0 Å². The number of hydrogen-bond acceptors (Lipinski definition) is 3. The van der Waals surface area contributed by atoms with E-state index >= 15 is 0 Å². The highest BCUT2D eigenvalue weighted by Gasteiger charge is 2.00. The van der Waals surface area contributed by atoms with Crippen molar-refractivity contribution >= 4 is 0 Å². The third-order valence-corrected chi connectivity index (χ3v) is 3.06. The van der Waals surface area contributed by atoms with Crippen molar-refractivity contribution in [2.24, 2.45) is 0 Å². The molecule has 0 saturated carbocycles. The molecule has 0 aliphatic rings. The Morgan fingerprint density at radius 3 is 2.70 bits per heavy atom. The summed E-state index contributed by atoms with van der Waals surface area (Å²) in [4.78, 5) is 0. The standard InChI is InChI=1S/C16H22N2O2/c1-19-12-9-17-14-15-6-5-10-18(15)11-13-20-16-7-3-2-4-8-16/h2-8,10,17H,9,11-14H2,1H3. The van der Waals surface area contributed by atoms with E-state index in [1.165, 1.54) is 5.69 Å². The average molecular weight is 274 g/mol. The van der Waals surface area contributed by atoms with Crippen LogP contribution in [0, 0.1) is 0 Å². The molecule has 1 aromatic carbocycles. The summed E-state index contributed by atoms with van der Waals surface area (Å²) in [6.45, 7) is 3.97. The Bertz CT molecular complexity index is 482. The van der Waals surface area contributed by atoms with Crippen LogP contribution in [0.5, 0.6) is 5.75 Å². The zero-order chi connectivity index (χ0) is 14.0. The number of hydrogen-bond donors (Lipinski definition) is 1. The van der Waals surface area contributed by atoms with Gasteiger partial charge in [-0.25, -0.2) is 0 Å². The quantitative estimate of drug-likeness (QED) is 0.713. The second-order valence-electron chi connectivity index (χ2n) is 4.52. The fourth-order valence-corrected chi connectivity index (χ4v) is 2.00. The van der Waals surface area contributed by atoms with E-state index in [0.29, 0.717) is 6.61 Å². The smallest absolute Gasteiger partial charge is 0.119 e. The third kappa shape index (κ3) is 4.72. The largest absolute Gasteiger partial charge is 0.492 e. The molecule has 2 aromatic rings. The maximum Gasteiger partial charge on any atom is 0.119 e. The highest BCUT2D eigenvalue weighted by molar-refractivity contribution is 5.20. The predicted octanol–water partition coefficient (Wildman–Crippen LogP) is 2.30. The van der Waals surface area contributed by atoms with Crippen LogP contribution >= 0.6 is 0 Å². The molecule has 0 aliphatic heterocycles. The Kier molecular flexibility index (Phi) is 6.14. The Morgan fingerprint density at radius 1 is 1.05 bits per heavy atom. The summed E-state index contributed by atoms with van der Waals surface area (Å²) in [5.41, 5.74) is 1.26. The van der Waals surface area contributed by atoms with Crippen LogP contribution in [-0.2, 0) is 17.8 Å². The SMILES string of the molecule is COCCNCc1cccn1CCOc1ccccc1. The maximum absolute atomic E-state index is 5.72. The van der Waals surface area contributed by atoms with E-state index < -0.39 is 0 Å². The van der Waals surface area contributed by atoms with Crippen molar-refractivity contribution < 1.29 is 9.47 Å². The third-order valence-electron chi connectivity index (χ3n) is 3.06. The molecule has 0 bridgehead atoms. The summed E-state index contributed by atoms with van der Waals surface area (Å²) in [5, 5.41) is 3.35. The van der Waals surface area contributed by atoms with Crippen LogP contribution in [0.3, 0.4) is 0 Å². The minimum Gasteiger partial charge on any atom is -0.492 e. The van der Waals surface area contributed by atoms with Crippen molar-refractivity contribution in [2.75, 3.05) is 26.9 Å². The lowest BCUT2D eigenvalue weighted by Crippen LogP contribution is -2.21. The van der Waals surface area contributed by atoms with Gasteiger partial charge in [0.2, 0.25) is 0 Å². The van der Waals surface area contributed by atoms with Crippen LogP contribution in [0.15, 0.2) is 48.7 Å². The van der Waals surface area contributed by atoms with Gasteiger partial charge in [-0.1, -0.05) is 18.2 Å². The number of para-hydroxylation sites is 1. The molecule has 4 heteroatoms. The first-order valence-corrected chi connectivity index (χ1v) is 6.91. The number of benzene rings is 1. The van der Waals surface area contributed by atoms with E-state index in [1.807, 2.05) is 30.3 Å². The van der Waals surface area contributed by atoms with E-state index in [4.69, 9.17) is 9.47 Å². The Labute approximate surface area is 120 Å². The highest BCUT2D eigenvalue weighted by Crippen LogP contribution is 2.09. The Balaban J connectivity index is 1.74. The van der Waals surface area contributed by atoms with E-state index in [0.717, 1.165) is 32.0 Å². The van der Waals surface area contributed by atoms with Gasteiger partial charge in [0, 0.05) is 32.1 Å². The van der Waals surface area contributed by atoms with Gasteiger partial charge in [0.15, 0.2) is 0 Å². The molecule has 0 saturated heterocycles. The second kappa shape index (κ2) is 8.40. The summed E-state index contributed by atoms with van der Waals surface area (Å²) in [7, 11) is 1.71. The second-order valence-corrected chi connectivity index (χ2v) is 4.52. The van der Waals surface area contributed by atoms with Crippen molar-refractivity contribution in [1.82, 2.24) is 9.88 Å². The number of aromatic nitrogens is 1.